The molecular formula is C18H17FN2OS. The summed E-state index contributed by atoms with van der Waals surface area (Å²) in [7, 11) is 0. The normalized spacial score (nSPS) is 10.1. The molecule has 2 rings (SSSR count). The van der Waals surface area contributed by atoms with Gasteiger partial charge in [0.2, 0.25) is 5.91 Å². The summed E-state index contributed by atoms with van der Waals surface area (Å²) >= 11 is 1.17. The number of nitrogens with zero attached hydrogens (tertiary/aromatic N) is 2. The smallest absolute Gasteiger partial charge is 0.237 e. The lowest BCUT2D eigenvalue weighted by Gasteiger charge is -2.22. The minimum atomic E-state index is -0.329. The van der Waals surface area contributed by atoms with Gasteiger partial charge >= 0.3 is 0 Å². The maximum absolute atomic E-state index is 13.6. The van der Waals surface area contributed by atoms with Gasteiger partial charge in [0.25, 0.3) is 0 Å². The van der Waals surface area contributed by atoms with Crippen LogP contribution < -0.4 is 4.90 Å². The van der Waals surface area contributed by atoms with Crippen molar-refractivity contribution in [2.75, 3.05) is 17.2 Å². The van der Waals surface area contributed by atoms with Gasteiger partial charge in [-0.2, -0.15) is 5.26 Å². The highest BCUT2D eigenvalue weighted by molar-refractivity contribution is 8.00. The number of hydrogen-bond acceptors (Lipinski definition) is 3. The summed E-state index contributed by atoms with van der Waals surface area (Å²) in [6, 6.07) is 16.0. The molecule has 0 aliphatic heterocycles. The minimum absolute atomic E-state index is 0.125. The number of anilines is 1. The summed E-state index contributed by atoms with van der Waals surface area (Å²) in [4.78, 5) is 14.5. The van der Waals surface area contributed by atoms with Crippen LogP contribution in [0.15, 0.2) is 53.4 Å². The molecule has 0 aliphatic rings. The Labute approximate surface area is 139 Å². The zero-order valence-corrected chi connectivity index (χ0v) is 13.6. The van der Waals surface area contributed by atoms with Crippen LogP contribution in [0.2, 0.25) is 0 Å². The van der Waals surface area contributed by atoms with E-state index in [0.717, 1.165) is 11.3 Å². The van der Waals surface area contributed by atoms with Crippen LogP contribution >= 0.6 is 11.8 Å². The Morgan fingerprint density at radius 1 is 1.22 bits per heavy atom. The lowest BCUT2D eigenvalue weighted by Crippen LogP contribution is -2.33. The van der Waals surface area contributed by atoms with Gasteiger partial charge < -0.3 is 4.90 Å². The van der Waals surface area contributed by atoms with Crippen molar-refractivity contribution in [2.24, 2.45) is 0 Å². The number of rotatable bonds is 6. The average molecular weight is 328 g/mol. The van der Waals surface area contributed by atoms with E-state index in [9.17, 15) is 9.18 Å². The van der Waals surface area contributed by atoms with Crippen molar-refractivity contribution in [3.8, 4) is 6.07 Å². The second-order valence-electron chi connectivity index (χ2n) is 5.01. The Morgan fingerprint density at radius 3 is 2.57 bits per heavy atom. The third kappa shape index (κ3) is 4.83. The Balaban J connectivity index is 2.09. The molecule has 23 heavy (non-hydrogen) atoms. The zero-order valence-electron chi connectivity index (χ0n) is 12.8. The Morgan fingerprint density at radius 2 is 1.91 bits per heavy atom. The van der Waals surface area contributed by atoms with Crippen LogP contribution in [0.25, 0.3) is 0 Å². The highest BCUT2D eigenvalue weighted by Crippen LogP contribution is 2.23. The lowest BCUT2D eigenvalue weighted by atomic mass is 10.2. The molecule has 0 bridgehead atoms. The quantitative estimate of drug-likeness (QED) is 0.748. The first-order valence-electron chi connectivity index (χ1n) is 7.23. The van der Waals surface area contributed by atoms with Crippen molar-refractivity contribution in [2.45, 2.75) is 18.2 Å². The average Bonchev–Trinajstić information content (AvgIpc) is 2.56. The van der Waals surface area contributed by atoms with Gasteiger partial charge in [-0.25, -0.2) is 4.39 Å². The van der Waals surface area contributed by atoms with E-state index in [4.69, 9.17) is 5.26 Å². The number of aryl methyl sites for hydroxylation is 1. The van der Waals surface area contributed by atoms with Gasteiger partial charge in [-0.3, -0.25) is 4.79 Å². The molecule has 2 aromatic rings. The molecule has 0 spiro atoms. The number of nitriles is 1. The number of carbonyl (C=O) groups excluding carboxylic acids is 1. The van der Waals surface area contributed by atoms with Crippen LogP contribution in [0.4, 0.5) is 10.1 Å². The summed E-state index contributed by atoms with van der Waals surface area (Å²) in [6.07, 6.45) is 0.254. The number of hydrogen-bond donors (Lipinski definition) is 0. The molecule has 0 heterocycles. The van der Waals surface area contributed by atoms with Crippen molar-refractivity contribution in [1.82, 2.24) is 0 Å². The number of carbonyl (C=O) groups is 1. The molecule has 5 heteroatoms. The summed E-state index contributed by atoms with van der Waals surface area (Å²) in [5.74, 6) is -0.346. The topological polar surface area (TPSA) is 44.1 Å². The first kappa shape index (κ1) is 17.0. The van der Waals surface area contributed by atoms with Crippen LogP contribution in [-0.2, 0) is 4.79 Å². The van der Waals surface area contributed by atoms with Gasteiger partial charge in [-0.15, -0.1) is 11.8 Å². The standard InChI is InChI=1S/C18H17FN2OS/c1-14-7-9-15(10-8-14)21(12-4-11-20)18(22)13-23-17-6-3-2-5-16(17)19/h2-3,5-10H,4,12-13H2,1H3. The van der Waals surface area contributed by atoms with Crippen molar-refractivity contribution in [3.63, 3.8) is 0 Å². The first-order chi connectivity index (χ1) is 11.1. The number of halogens is 1. The summed E-state index contributed by atoms with van der Waals surface area (Å²) in [5.41, 5.74) is 1.85. The number of benzene rings is 2. The maximum atomic E-state index is 13.6. The molecule has 0 atom stereocenters. The van der Waals surface area contributed by atoms with E-state index in [2.05, 4.69) is 6.07 Å². The highest BCUT2D eigenvalue weighted by Gasteiger charge is 2.16. The van der Waals surface area contributed by atoms with Crippen molar-refractivity contribution < 1.29 is 9.18 Å². The molecule has 0 radical (unpaired) electrons. The van der Waals surface area contributed by atoms with Crippen LogP contribution in [0.5, 0.6) is 0 Å². The number of thioether (sulfide) groups is 1. The number of amides is 1. The van der Waals surface area contributed by atoms with Crippen LogP contribution in [0.1, 0.15) is 12.0 Å². The summed E-state index contributed by atoms with van der Waals surface area (Å²) in [5, 5.41) is 8.79. The van der Waals surface area contributed by atoms with E-state index in [1.54, 1.807) is 23.1 Å². The van der Waals surface area contributed by atoms with E-state index in [1.807, 2.05) is 31.2 Å². The fourth-order valence-electron chi connectivity index (χ4n) is 2.06. The first-order valence-corrected chi connectivity index (χ1v) is 8.21. The largest absolute Gasteiger partial charge is 0.311 e. The van der Waals surface area contributed by atoms with Gasteiger partial charge in [-0.1, -0.05) is 29.8 Å². The Hall–Kier alpha value is -2.32. The van der Waals surface area contributed by atoms with E-state index in [-0.39, 0.29) is 23.9 Å². The zero-order chi connectivity index (χ0) is 16.7. The van der Waals surface area contributed by atoms with E-state index < -0.39 is 0 Å². The fourth-order valence-corrected chi connectivity index (χ4v) is 2.88. The van der Waals surface area contributed by atoms with Crippen LogP contribution in [0.3, 0.4) is 0 Å². The molecule has 0 saturated heterocycles. The van der Waals surface area contributed by atoms with Gasteiger partial charge in [0, 0.05) is 17.1 Å². The van der Waals surface area contributed by atoms with Gasteiger partial charge in [0.05, 0.1) is 18.2 Å². The molecule has 118 valence electrons. The van der Waals surface area contributed by atoms with Crippen molar-refractivity contribution in [3.05, 3.63) is 59.9 Å². The second-order valence-corrected chi connectivity index (χ2v) is 6.03. The lowest BCUT2D eigenvalue weighted by molar-refractivity contribution is -0.116. The Bertz CT molecular complexity index is 710. The fraction of sp³-hybridized carbons (Fsp3) is 0.222. The predicted molar refractivity (Wildman–Crippen MR) is 90.9 cm³/mol. The molecule has 2 aromatic carbocycles. The van der Waals surface area contributed by atoms with Gasteiger partial charge in [0.15, 0.2) is 0 Å². The third-order valence-electron chi connectivity index (χ3n) is 3.28. The molecule has 0 fully saturated rings. The minimum Gasteiger partial charge on any atom is -0.311 e. The van der Waals surface area contributed by atoms with E-state index in [0.29, 0.717) is 11.4 Å². The van der Waals surface area contributed by atoms with Crippen LogP contribution in [-0.4, -0.2) is 18.2 Å². The molecule has 3 nitrogen and oxygen atoms in total. The van der Waals surface area contributed by atoms with Crippen LogP contribution in [0, 0.1) is 24.1 Å². The molecule has 0 N–H and O–H groups in total. The molecule has 1 amide bonds. The summed E-state index contributed by atoms with van der Waals surface area (Å²) in [6.45, 7) is 2.30. The second kappa shape index (κ2) is 8.35. The SMILES string of the molecule is Cc1ccc(N(CCC#N)C(=O)CSc2ccccc2F)cc1. The van der Waals surface area contributed by atoms with Gasteiger partial charge in [-0.05, 0) is 31.2 Å². The van der Waals surface area contributed by atoms with E-state index >= 15 is 0 Å². The monoisotopic (exact) mass is 328 g/mol. The van der Waals surface area contributed by atoms with Gasteiger partial charge in [0.1, 0.15) is 5.82 Å². The van der Waals surface area contributed by atoms with Crippen molar-refractivity contribution in [1.29, 1.82) is 5.26 Å². The predicted octanol–water partition coefficient (Wildman–Crippen LogP) is 4.17. The molecule has 0 saturated carbocycles. The van der Waals surface area contributed by atoms with E-state index in [1.165, 1.54) is 17.8 Å². The third-order valence-corrected chi connectivity index (χ3v) is 4.32. The summed E-state index contributed by atoms with van der Waals surface area (Å²) < 4.78 is 13.6. The highest BCUT2D eigenvalue weighted by atomic mass is 32.2. The molecular weight excluding hydrogens is 311 g/mol. The van der Waals surface area contributed by atoms with Crippen molar-refractivity contribution >= 4 is 23.4 Å². The molecule has 0 aliphatic carbocycles. The molecule has 0 aromatic heterocycles. The maximum Gasteiger partial charge on any atom is 0.237 e. The Kier molecular flexibility index (Phi) is 6.19. The molecule has 0 unspecified atom stereocenters.